The van der Waals surface area contributed by atoms with Gasteiger partial charge in [-0.2, -0.15) is 0 Å². The fourth-order valence-corrected chi connectivity index (χ4v) is 3.61. The number of pyridine rings is 2. The summed E-state index contributed by atoms with van der Waals surface area (Å²) >= 11 is 0. The molecule has 2 saturated heterocycles. The predicted molar refractivity (Wildman–Crippen MR) is 90.6 cm³/mol. The van der Waals surface area contributed by atoms with Crippen molar-refractivity contribution in [3.8, 4) is 0 Å². The van der Waals surface area contributed by atoms with Gasteiger partial charge in [-0.05, 0) is 23.8 Å². The second kappa shape index (κ2) is 7.29. The van der Waals surface area contributed by atoms with E-state index in [4.69, 9.17) is 9.47 Å². The quantitative estimate of drug-likeness (QED) is 0.825. The van der Waals surface area contributed by atoms with E-state index >= 15 is 0 Å². The maximum atomic E-state index is 12.7. The monoisotopic (exact) mass is 339 g/mol. The van der Waals surface area contributed by atoms with Gasteiger partial charge >= 0.3 is 0 Å². The van der Waals surface area contributed by atoms with Crippen LogP contribution in [0.25, 0.3) is 0 Å². The number of fused-ring (bicyclic) bond motifs is 1. The first-order chi connectivity index (χ1) is 12.3. The molecule has 2 aromatic rings. The second-order valence-corrected chi connectivity index (χ2v) is 6.52. The number of nitrogens with zero attached hydrogens (tertiary/aromatic N) is 3. The van der Waals surface area contributed by atoms with Crippen molar-refractivity contribution in [3.05, 3.63) is 60.2 Å². The number of carbonyl (C=O) groups is 1. The maximum absolute atomic E-state index is 12.7. The van der Waals surface area contributed by atoms with E-state index in [2.05, 4.69) is 9.97 Å². The molecule has 0 aromatic carbocycles. The third-order valence-electron chi connectivity index (χ3n) is 4.91. The van der Waals surface area contributed by atoms with Crippen molar-refractivity contribution >= 4 is 5.91 Å². The standard InChI is InChI=1S/C19H21N3O3/c23-19(8-15-5-1-2-7-21-15)22-10-18(16-12-24-13-17(16)22)25-11-14-4-3-6-20-9-14/h1-7,9,16-18H,8,10-13H2/t16-,17+,18-/m0/s1. The van der Waals surface area contributed by atoms with Crippen LogP contribution in [0.5, 0.6) is 0 Å². The zero-order valence-corrected chi connectivity index (χ0v) is 14.0. The molecule has 25 heavy (non-hydrogen) atoms. The van der Waals surface area contributed by atoms with E-state index in [1.165, 1.54) is 0 Å². The molecule has 6 heteroatoms. The Morgan fingerprint density at radius 3 is 3.00 bits per heavy atom. The number of rotatable bonds is 5. The van der Waals surface area contributed by atoms with Crippen LogP contribution in [0.2, 0.25) is 0 Å². The molecular formula is C19H21N3O3. The molecule has 0 spiro atoms. The molecule has 2 fully saturated rings. The Morgan fingerprint density at radius 2 is 2.20 bits per heavy atom. The van der Waals surface area contributed by atoms with E-state index in [9.17, 15) is 4.79 Å². The van der Waals surface area contributed by atoms with Crippen LogP contribution in [-0.4, -0.2) is 52.7 Å². The Balaban J connectivity index is 1.41. The minimum atomic E-state index is 0.000360. The van der Waals surface area contributed by atoms with E-state index in [0.29, 0.717) is 32.8 Å². The van der Waals surface area contributed by atoms with Crippen molar-refractivity contribution in [1.82, 2.24) is 14.9 Å². The summed E-state index contributed by atoms with van der Waals surface area (Å²) in [4.78, 5) is 23.0. The minimum Gasteiger partial charge on any atom is -0.379 e. The Labute approximate surface area is 146 Å². The van der Waals surface area contributed by atoms with Gasteiger partial charge in [-0.15, -0.1) is 0 Å². The van der Waals surface area contributed by atoms with Crippen LogP contribution in [0.15, 0.2) is 48.9 Å². The van der Waals surface area contributed by atoms with Gasteiger partial charge in [0.05, 0.1) is 38.4 Å². The van der Waals surface area contributed by atoms with Crippen molar-refractivity contribution < 1.29 is 14.3 Å². The van der Waals surface area contributed by atoms with Crippen LogP contribution in [0.1, 0.15) is 11.3 Å². The average Bonchev–Trinajstić information content (AvgIpc) is 3.24. The Kier molecular flexibility index (Phi) is 4.72. The topological polar surface area (TPSA) is 64.6 Å². The van der Waals surface area contributed by atoms with Crippen LogP contribution >= 0.6 is 0 Å². The zero-order chi connectivity index (χ0) is 17.1. The summed E-state index contributed by atoms with van der Waals surface area (Å²) in [6, 6.07) is 9.64. The van der Waals surface area contributed by atoms with Crippen LogP contribution in [0.4, 0.5) is 0 Å². The molecule has 0 aliphatic carbocycles. The molecule has 130 valence electrons. The molecule has 2 aliphatic heterocycles. The first-order valence-electron chi connectivity index (χ1n) is 8.59. The van der Waals surface area contributed by atoms with Crippen LogP contribution in [0, 0.1) is 5.92 Å². The zero-order valence-electron chi connectivity index (χ0n) is 14.0. The molecule has 1 amide bonds. The number of aromatic nitrogens is 2. The highest BCUT2D eigenvalue weighted by Crippen LogP contribution is 2.33. The normalized spacial score (nSPS) is 25.1. The first kappa shape index (κ1) is 16.2. The third kappa shape index (κ3) is 3.55. The van der Waals surface area contributed by atoms with Crippen molar-refractivity contribution in [1.29, 1.82) is 0 Å². The number of amides is 1. The number of likely N-dealkylation sites (tertiary alicyclic amines) is 1. The molecule has 0 saturated carbocycles. The summed E-state index contributed by atoms with van der Waals surface area (Å²) in [5.74, 6) is 0.330. The number of carbonyl (C=O) groups excluding carboxylic acids is 1. The lowest BCUT2D eigenvalue weighted by Gasteiger charge is -2.22. The van der Waals surface area contributed by atoms with E-state index < -0.39 is 0 Å². The van der Waals surface area contributed by atoms with Crippen molar-refractivity contribution in [2.45, 2.75) is 25.2 Å². The Morgan fingerprint density at radius 1 is 1.24 bits per heavy atom. The Hall–Kier alpha value is -2.31. The van der Waals surface area contributed by atoms with Gasteiger partial charge in [0.1, 0.15) is 0 Å². The number of hydrogen-bond acceptors (Lipinski definition) is 5. The molecule has 3 atom stereocenters. The van der Waals surface area contributed by atoms with Crippen molar-refractivity contribution in [3.63, 3.8) is 0 Å². The lowest BCUT2D eigenvalue weighted by atomic mass is 10.0. The fourth-order valence-electron chi connectivity index (χ4n) is 3.61. The Bertz CT molecular complexity index is 710. The predicted octanol–water partition coefficient (Wildman–Crippen LogP) is 1.46. The van der Waals surface area contributed by atoms with E-state index in [0.717, 1.165) is 11.3 Å². The molecule has 2 aliphatic rings. The second-order valence-electron chi connectivity index (χ2n) is 6.52. The summed E-state index contributed by atoms with van der Waals surface area (Å²) < 4.78 is 11.7. The molecule has 2 aromatic heterocycles. The fraction of sp³-hybridized carbons (Fsp3) is 0.421. The maximum Gasteiger partial charge on any atom is 0.229 e. The van der Waals surface area contributed by atoms with Crippen LogP contribution < -0.4 is 0 Å². The highest BCUT2D eigenvalue weighted by Gasteiger charge is 2.47. The summed E-state index contributed by atoms with van der Waals surface area (Å²) in [7, 11) is 0. The van der Waals surface area contributed by atoms with Gasteiger partial charge in [-0.25, -0.2) is 0 Å². The SMILES string of the molecule is O=C(Cc1ccccn1)N1C[C@H](OCc2cccnc2)[C@H]2COC[C@H]21. The van der Waals surface area contributed by atoms with Gasteiger partial charge < -0.3 is 14.4 Å². The molecular weight excluding hydrogens is 318 g/mol. The molecule has 4 rings (SSSR count). The van der Waals surface area contributed by atoms with Crippen LogP contribution in [-0.2, 0) is 27.3 Å². The average molecular weight is 339 g/mol. The molecule has 6 nitrogen and oxygen atoms in total. The largest absolute Gasteiger partial charge is 0.379 e. The van der Waals surface area contributed by atoms with Crippen molar-refractivity contribution in [2.24, 2.45) is 5.92 Å². The van der Waals surface area contributed by atoms with Gasteiger partial charge in [0.25, 0.3) is 0 Å². The number of ether oxygens (including phenoxy) is 2. The lowest BCUT2D eigenvalue weighted by molar-refractivity contribution is -0.132. The molecule has 0 N–H and O–H groups in total. The lowest BCUT2D eigenvalue weighted by Crippen LogP contribution is -2.39. The molecule has 0 unspecified atom stereocenters. The van der Waals surface area contributed by atoms with Gasteiger partial charge in [-0.1, -0.05) is 12.1 Å². The first-order valence-corrected chi connectivity index (χ1v) is 8.59. The molecule has 4 heterocycles. The summed E-state index contributed by atoms with van der Waals surface area (Å²) in [5.41, 5.74) is 1.83. The van der Waals surface area contributed by atoms with Gasteiger partial charge in [0.2, 0.25) is 5.91 Å². The number of hydrogen-bond donors (Lipinski definition) is 0. The minimum absolute atomic E-state index is 0.000360. The van der Waals surface area contributed by atoms with Crippen molar-refractivity contribution in [2.75, 3.05) is 19.8 Å². The molecule has 0 bridgehead atoms. The van der Waals surface area contributed by atoms with Gasteiger partial charge in [-0.3, -0.25) is 14.8 Å². The van der Waals surface area contributed by atoms with Gasteiger partial charge in [0, 0.05) is 36.7 Å². The molecule has 0 radical (unpaired) electrons. The summed E-state index contributed by atoms with van der Waals surface area (Å²) in [6.07, 6.45) is 5.59. The van der Waals surface area contributed by atoms with E-state index in [-0.39, 0.29) is 24.0 Å². The van der Waals surface area contributed by atoms with E-state index in [1.54, 1.807) is 12.4 Å². The summed E-state index contributed by atoms with van der Waals surface area (Å²) in [6.45, 7) is 2.36. The van der Waals surface area contributed by atoms with E-state index in [1.807, 2.05) is 41.4 Å². The smallest absolute Gasteiger partial charge is 0.229 e. The summed E-state index contributed by atoms with van der Waals surface area (Å²) in [5, 5.41) is 0. The van der Waals surface area contributed by atoms with Gasteiger partial charge in [0.15, 0.2) is 0 Å². The third-order valence-corrected chi connectivity index (χ3v) is 4.91. The van der Waals surface area contributed by atoms with Crippen LogP contribution in [0.3, 0.4) is 0 Å². The highest BCUT2D eigenvalue weighted by atomic mass is 16.5. The highest BCUT2D eigenvalue weighted by molar-refractivity contribution is 5.79.